The van der Waals surface area contributed by atoms with Crippen LogP contribution in [0, 0.1) is 5.82 Å². The van der Waals surface area contributed by atoms with Crippen molar-refractivity contribution >= 4 is 16.6 Å². The standard InChI is InChI=1S/C21H24FN3/c22-18-7-9-19(10-8-18)25-14-12-24(13-15-25)11-3-4-17-16-23-21-6-2-1-5-20(17)21/h1-2,5-10,16,23H,3-4,11-15H2. The molecule has 3 aromatic rings. The maximum atomic E-state index is 13.0. The zero-order chi connectivity index (χ0) is 17.1. The highest BCUT2D eigenvalue weighted by atomic mass is 19.1. The molecule has 0 saturated carbocycles. The Labute approximate surface area is 148 Å². The molecule has 1 N–H and O–H groups in total. The van der Waals surface area contributed by atoms with Crippen molar-refractivity contribution in [1.82, 2.24) is 9.88 Å². The topological polar surface area (TPSA) is 22.3 Å². The van der Waals surface area contributed by atoms with Gasteiger partial charge in [0.1, 0.15) is 5.82 Å². The predicted molar refractivity (Wildman–Crippen MR) is 102 cm³/mol. The number of hydrogen-bond donors (Lipinski definition) is 1. The van der Waals surface area contributed by atoms with Gasteiger partial charge in [0.15, 0.2) is 0 Å². The number of para-hydroxylation sites is 1. The fraction of sp³-hybridized carbons (Fsp3) is 0.333. The molecule has 0 atom stereocenters. The van der Waals surface area contributed by atoms with Crippen LogP contribution in [0.3, 0.4) is 0 Å². The van der Waals surface area contributed by atoms with Crippen molar-refractivity contribution in [2.75, 3.05) is 37.6 Å². The summed E-state index contributed by atoms with van der Waals surface area (Å²) in [5, 5.41) is 1.35. The summed E-state index contributed by atoms with van der Waals surface area (Å²) >= 11 is 0. The van der Waals surface area contributed by atoms with Gasteiger partial charge in [-0.3, -0.25) is 4.90 Å². The van der Waals surface area contributed by atoms with Gasteiger partial charge in [-0.1, -0.05) is 18.2 Å². The van der Waals surface area contributed by atoms with Gasteiger partial charge in [0.05, 0.1) is 0 Å². The van der Waals surface area contributed by atoms with Crippen molar-refractivity contribution < 1.29 is 4.39 Å². The third-order valence-electron chi connectivity index (χ3n) is 5.16. The minimum atomic E-state index is -0.167. The Bertz CT molecular complexity index is 817. The van der Waals surface area contributed by atoms with Crippen LogP contribution in [-0.2, 0) is 6.42 Å². The lowest BCUT2D eigenvalue weighted by Crippen LogP contribution is -2.46. The molecule has 0 unspecified atom stereocenters. The number of anilines is 1. The van der Waals surface area contributed by atoms with Gasteiger partial charge in [0.2, 0.25) is 0 Å². The van der Waals surface area contributed by atoms with Crippen LogP contribution in [0.1, 0.15) is 12.0 Å². The van der Waals surface area contributed by atoms with Gasteiger partial charge in [-0.05, 0) is 55.3 Å². The first-order chi connectivity index (χ1) is 12.3. The monoisotopic (exact) mass is 337 g/mol. The highest BCUT2D eigenvalue weighted by Crippen LogP contribution is 2.20. The first-order valence-electron chi connectivity index (χ1n) is 9.07. The summed E-state index contributed by atoms with van der Waals surface area (Å²) in [5.74, 6) is -0.167. The fourth-order valence-electron chi connectivity index (χ4n) is 3.71. The summed E-state index contributed by atoms with van der Waals surface area (Å²) in [6.45, 7) is 5.31. The van der Waals surface area contributed by atoms with E-state index < -0.39 is 0 Å². The van der Waals surface area contributed by atoms with Crippen LogP contribution < -0.4 is 4.90 Å². The summed E-state index contributed by atoms with van der Waals surface area (Å²) in [7, 11) is 0. The second-order valence-electron chi connectivity index (χ2n) is 6.77. The van der Waals surface area contributed by atoms with Crippen LogP contribution in [-0.4, -0.2) is 42.6 Å². The van der Waals surface area contributed by atoms with Crippen LogP contribution in [0.5, 0.6) is 0 Å². The number of H-pyrrole nitrogens is 1. The van der Waals surface area contributed by atoms with E-state index in [1.807, 2.05) is 12.1 Å². The molecule has 25 heavy (non-hydrogen) atoms. The first-order valence-corrected chi connectivity index (χ1v) is 9.07. The number of benzene rings is 2. The number of nitrogens with one attached hydrogen (secondary N) is 1. The van der Waals surface area contributed by atoms with Crippen LogP contribution in [0.4, 0.5) is 10.1 Å². The quantitative estimate of drug-likeness (QED) is 0.758. The normalized spacial score (nSPS) is 15.8. The molecule has 3 nitrogen and oxygen atoms in total. The van der Waals surface area contributed by atoms with Gasteiger partial charge >= 0.3 is 0 Å². The molecule has 0 aliphatic carbocycles. The second-order valence-corrected chi connectivity index (χ2v) is 6.77. The average Bonchev–Trinajstić information content (AvgIpc) is 3.06. The maximum Gasteiger partial charge on any atom is 0.123 e. The van der Waals surface area contributed by atoms with E-state index >= 15 is 0 Å². The molecule has 4 rings (SSSR count). The summed E-state index contributed by atoms with van der Waals surface area (Å²) in [5.41, 5.74) is 3.77. The van der Waals surface area contributed by atoms with E-state index in [0.29, 0.717) is 0 Å². The van der Waals surface area contributed by atoms with Gasteiger partial charge in [0.25, 0.3) is 0 Å². The molecule has 1 saturated heterocycles. The molecule has 4 heteroatoms. The number of piperazine rings is 1. The number of rotatable bonds is 5. The molecule has 1 aliphatic heterocycles. The fourth-order valence-corrected chi connectivity index (χ4v) is 3.71. The molecule has 0 radical (unpaired) electrons. The van der Waals surface area contributed by atoms with Crippen LogP contribution >= 0.6 is 0 Å². The molecule has 2 aromatic carbocycles. The molecule has 130 valence electrons. The largest absolute Gasteiger partial charge is 0.369 e. The van der Waals surface area contributed by atoms with Crippen LogP contribution in [0.25, 0.3) is 10.9 Å². The minimum Gasteiger partial charge on any atom is -0.369 e. The average molecular weight is 337 g/mol. The van der Waals surface area contributed by atoms with Gasteiger partial charge in [-0.25, -0.2) is 4.39 Å². The SMILES string of the molecule is Fc1ccc(N2CCN(CCCc3c[nH]c4ccccc34)CC2)cc1. The van der Waals surface area contributed by atoms with Crippen molar-refractivity contribution in [1.29, 1.82) is 0 Å². The number of aromatic amines is 1. The number of halogens is 1. The zero-order valence-corrected chi connectivity index (χ0v) is 14.4. The number of hydrogen-bond acceptors (Lipinski definition) is 2. The van der Waals surface area contributed by atoms with Crippen LogP contribution in [0.15, 0.2) is 54.7 Å². The molecule has 0 spiro atoms. The zero-order valence-electron chi connectivity index (χ0n) is 14.4. The Morgan fingerprint density at radius 3 is 2.48 bits per heavy atom. The molecule has 1 aliphatic rings. The second kappa shape index (κ2) is 7.28. The summed E-state index contributed by atoms with van der Waals surface area (Å²) in [6, 6.07) is 15.4. The third-order valence-corrected chi connectivity index (χ3v) is 5.16. The van der Waals surface area contributed by atoms with Crippen molar-refractivity contribution in [3.63, 3.8) is 0 Å². The summed E-state index contributed by atoms with van der Waals surface area (Å²) in [4.78, 5) is 8.24. The molecule has 2 heterocycles. The Morgan fingerprint density at radius 2 is 1.68 bits per heavy atom. The predicted octanol–water partition coefficient (Wildman–Crippen LogP) is 4.06. The Balaban J connectivity index is 1.26. The highest BCUT2D eigenvalue weighted by Gasteiger charge is 2.17. The van der Waals surface area contributed by atoms with Gasteiger partial charge in [-0.15, -0.1) is 0 Å². The number of aromatic nitrogens is 1. The number of aryl methyl sites for hydroxylation is 1. The molecule has 0 amide bonds. The molecule has 1 fully saturated rings. The molecular weight excluding hydrogens is 313 g/mol. The lowest BCUT2D eigenvalue weighted by Gasteiger charge is -2.36. The summed E-state index contributed by atoms with van der Waals surface area (Å²) < 4.78 is 13.0. The first kappa shape index (κ1) is 16.2. The summed E-state index contributed by atoms with van der Waals surface area (Å²) in [6.07, 6.45) is 4.44. The third kappa shape index (κ3) is 3.69. The Hall–Kier alpha value is -2.33. The van der Waals surface area contributed by atoms with E-state index in [-0.39, 0.29) is 5.82 Å². The Kier molecular flexibility index (Phi) is 4.70. The van der Waals surface area contributed by atoms with E-state index in [9.17, 15) is 4.39 Å². The van der Waals surface area contributed by atoms with E-state index in [4.69, 9.17) is 0 Å². The molecular formula is C21H24FN3. The minimum absolute atomic E-state index is 0.167. The van der Waals surface area contributed by atoms with Crippen molar-refractivity contribution in [3.8, 4) is 0 Å². The van der Waals surface area contributed by atoms with Gasteiger partial charge < -0.3 is 9.88 Å². The molecule has 0 bridgehead atoms. The van der Waals surface area contributed by atoms with Crippen molar-refractivity contribution in [2.45, 2.75) is 12.8 Å². The van der Waals surface area contributed by atoms with E-state index in [2.05, 4.69) is 45.2 Å². The van der Waals surface area contributed by atoms with Gasteiger partial charge in [0, 0.05) is 49.0 Å². The van der Waals surface area contributed by atoms with Crippen LogP contribution in [0.2, 0.25) is 0 Å². The smallest absolute Gasteiger partial charge is 0.123 e. The maximum absolute atomic E-state index is 13.0. The lowest BCUT2D eigenvalue weighted by atomic mass is 10.1. The van der Waals surface area contributed by atoms with E-state index in [0.717, 1.165) is 44.8 Å². The number of nitrogens with zero attached hydrogens (tertiary/aromatic N) is 2. The van der Waals surface area contributed by atoms with E-state index in [1.165, 1.54) is 22.9 Å². The highest BCUT2D eigenvalue weighted by molar-refractivity contribution is 5.82. The molecule has 1 aromatic heterocycles. The van der Waals surface area contributed by atoms with Gasteiger partial charge in [-0.2, -0.15) is 0 Å². The van der Waals surface area contributed by atoms with E-state index in [1.54, 1.807) is 12.1 Å². The Morgan fingerprint density at radius 1 is 0.920 bits per heavy atom. The number of fused-ring (bicyclic) bond motifs is 1. The lowest BCUT2D eigenvalue weighted by molar-refractivity contribution is 0.255. The van der Waals surface area contributed by atoms with Crippen molar-refractivity contribution in [2.24, 2.45) is 0 Å². The van der Waals surface area contributed by atoms with Crippen molar-refractivity contribution in [3.05, 3.63) is 66.1 Å².